The highest BCUT2D eigenvalue weighted by atomic mass is 35.5. The quantitative estimate of drug-likeness (QED) is 0.841. The van der Waals surface area contributed by atoms with Crippen LogP contribution in [-0.2, 0) is 22.6 Å². The van der Waals surface area contributed by atoms with E-state index >= 15 is 0 Å². The van der Waals surface area contributed by atoms with Gasteiger partial charge in [-0.2, -0.15) is 0 Å². The summed E-state index contributed by atoms with van der Waals surface area (Å²) in [7, 11) is 1.57. The molecule has 138 valence electrons. The summed E-state index contributed by atoms with van der Waals surface area (Å²) < 4.78 is 0. The van der Waals surface area contributed by atoms with Crippen molar-refractivity contribution in [2.45, 2.75) is 39.8 Å². The number of likely N-dealkylation sites (N-methyl/N-ethyl adjacent to an activating group) is 1. The topological polar surface area (TPSA) is 49.4 Å². The minimum atomic E-state index is -0.571. The smallest absolute Gasteiger partial charge is 0.242 e. The van der Waals surface area contributed by atoms with E-state index in [0.717, 1.165) is 16.7 Å². The van der Waals surface area contributed by atoms with Crippen molar-refractivity contribution in [3.8, 4) is 0 Å². The van der Waals surface area contributed by atoms with Gasteiger partial charge in [-0.1, -0.05) is 41.9 Å². The Balaban J connectivity index is 2.25. The van der Waals surface area contributed by atoms with Crippen molar-refractivity contribution in [2.75, 3.05) is 7.05 Å². The fourth-order valence-electron chi connectivity index (χ4n) is 2.81. The van der Waals surface area contributed by atoms with Crippen molar-refractivity contribution >= 4 is 23.4 Å². The zero-order valence-corrected chi connectivity index (χ0v) is 16.4. The predicted molar refractivity (Wildman–Crippen MR) is 105 cm³/mol. The first kappa shape index (κ1) is 20.0. The van der Waals surface area contributed by atoms with E-state index in [2.05, 4.69) is 5.32 Å². The second-order valence-corrected chi connectivity index (χ2v) is 6.97. The fourth-order valence-corrected chi connectivity index (χ4v) is 3.03. The van der Waals surface area contributed by atoms with E-state index in [9.17, 15) is 9.59 Å². The summed E-state index contributed by atoms with van der Waals surface area (Å²) in [5.41, 5.74) is 4.17. The molecule has 0 spiro atoms. The summed E-state index contributed by atoms with van der Waals surface area (Å²) in [4.78, 5) is 26.7. The second-order valence-electron chi connectivity index (χ2n) is 6.54. The van der Waals surface area contributed by atoms with Gasteiger partial charge < -0.3 is 10.2 Å². The number of amides is 2. The SMILES string of the molecule is CNC(=O)[C@H](C)N(Cc1cccc(Cl)c1)C(=O)Cc1ccc(C)c(C)c1. The molecular weight excluding hydrogens is 348 g/mol. The van der Waals surface area contributed by atoms with E-state index in [1.807, 2.05) is 50.2 Å². The van der Waals surface area contributed by atoms with E-state index < -0.39 is 6.04 Å². The third-order valence-corrected chi connectivity index (χ3v) is 4.82. The summed E-state index contributed by atoms with van der Waals surface area (Å²) in [6.07, 6.45) is 0.253. The maximum Gasteiger partial charge on any atom is 0.242 e. The van der Waals surface area contributed by atoms with E-state index in [0.29, 0.717) is 11.6 Å². The third kappa shape index (κ3) is 5.09. The molecular formula is C21H25ClN2O2. The van der Waals surface area contributed by atoms with Gasteiger partial charge in [0.05, 0.1) is 6.42 Å². The van der Waals surface area contributed by atoms with Crippen LogP contribution in [0.3, 0.4) is 0 Å². The van der Waals surface area contributed by atoms with Crippen LogP contribution in [0, 0.1) is 13.8 Å². The summed E-state index contributed by atoms with van der Waals surface area (Å²) >= 11 is 6.06. The first-order chi connectivity index (χ1) is 12.3. The van der Waals surface area contributed by atoms with Crippen LogP contribution in [0.2, 0.25) is 5.02 Å². The van der Waals surface area contributed by atoms with Crippen LogP contribution >= 0.6 is 11.6 Å². The molecule has 0 aliphatic rings. The van der Waals surface area contributed by atoms with Gasteiger partial charge in [-0.25, -0.2) is 0 Å². The third-order valence-electron chi connectivity index (χ3n) is 4.58. The number of benzene rings is 2. The Morgan fingerprint density at radius 2 is 1.81 bits per heavy atom. The van der Waals surface area contributed by atoms with Crippen LogP contribution in [0.1, 0.15) is 29.2 Å². The number of rotatable bonds is 6. The number of nitrogens with one attached hydrogen (secondary N) is 1. The molecule has 0 saturated carbocycles. The van der Waals surface area contributed by atoms with Crippen molar-refractivity contribution in [3.05, 3.63) is 69.7 Å². The fraction of sp³-hybridized carbons (Fsp3) is 0.333. The molecule has 0 bridgehead atoms. The van der Waals surface area contributed by atoms with Crippen LogP contribution < -0.4 is 5.32 Å². The van der Waals surface area contributed by atoms with E-state index in [1.165, 1.54) is 5.56 Å². The lowest BCUT2D eigenvalue weighted by molar-refractivity contribution is -0.139. The molecule has 0 aliphatic carbocycles. The van der Waals surface area contributed by atoms with Gasteiger partial charge >= 0.3 is 0 Å². The molecule has 0 saturated heterocycles. The molecule has 4 nitrogen and oxygen atoms in total. The van der Waals surface area contributed by atoms with Crippen molar-refractivity contribution in [1.29, 1.82) is 0 Å². The first-order valence-corrected chi connectivity index (χ1v) is 9.01. The Morgan fingerprint density at radius 3 is 2.42 bits per heavy atom. The van der Waals surface area contributed by atoms with Gasteiger partial charge in [-0.05, 0) is 55.2 Å². The van der Waals surface area contributed by atoms with Gasteiger partial charge in [0, 0.05) is 18.6 Å². The van der Waals surface area contributed by atoms with Crippen molar-refractivity contribution in [2.24, 2.45) is 0 Å². The number of hydrogen-bond acceptors (Lipinski definition) is 2. The van der Waals surface area contributed by atoms with Gasteiger partial charge in [0.15, 0.2) is 0 Å². The van der Waals surface area contributed by atoms with Crippen molar-refractivity contribution in [3.63, 3.8) is 0 Å². The van der Waals surface area contributed by atoms with Crippen LogP contribution in [0.5, 0.6) is 0 Å². The minimum absolute atomic E-state index is 0.0932. The molecule has 2 aromatic rings. The van der Waals surface area contributed by atoms with Crippen LogP contribution in [-0.4, -0.2) is 29.8 Å². The molecule has 0 unspecified atom stereocenters. The lowest BCUT2D eigenvalue weighted by atomic mass is 10.0. The summed E-state index contributed by atoms with van der Waals surface area (Å²) in [5.74, 6) is -0.287. The number of nitrogens with zero attached hydrogens (tertiary/aromatic N) is 1. The lowest BCUT2D eigenvalue weighted by Crippen LogP contribution is -2.47. The molecule has 26 heavy (non-hydrogen) atoms. The molecule has 1 atom stereocenters. The number of carbonyl (C=O) groups excluding carboxylic acids is 2. The van der Waals surface area contributed by atoms with Crippen molar-refractivity contribution < 1.29 is 9.59 Å². The van der Waals surface area contributed by atoms with Gasteiger partial charge in [-0.3, -0.25) is 9.59 Å². The monoisotopic (exact) mass is 372 g/mol. The average molecular weight is 373 g/mol. The molecule has 0 aromatic heterocycles. The molecule has 2 aromatic carbocycles. The van der Waals surface area contributed by atoms with E-state index in [-0.39, 0.29) is 18.2 Å². The molecule has 1 N–H and O–H groups in total. The van der Waals surface area contributed by atoms with Crippen molar-refractivity contribution in [1.82, 2.24) is 10.2 Å². The Morgan fingerprint density at radius 1 is 1.08 bits per heavy atom. The standard InChI is InChI=1S/C21H25ClN2O2/c1-14-8-9-17(10-15(14)2)12-20(25)24(16(3)21(26)23-4)13-18-6-5-7-19(22)11-18/h5-11,16H,12-13H2,1-4H3,(H,23,26)/t16-/m0/s1. The molecule has 2 amide bonds. The highest BCUT2D eigenvalue weighted by molar-refractivity contribution is 6.30. The average Bonchev–Trinajstić information content (AvgIpc) is 2.61. The molecule has 0 heterocycles. The summed E-state index contributed by atoms with van der Waals surface area (Å²) in [6, 6.07) is 12.8. The maximum atomic E-state index is 13.0. The first-order valence-electron chi connectivity index (χ1n) is 8.63. The predicted octanol–water partition coefficient (Wildman–Crippen LogP) is 3.66. The number of hydrogen-bond donors (Lipinski definition) is 1. The van der Waals surface area contributed by atoms with E-state index in [4.69, 9.17) is 11.6 Å². The molecule has 0 radical (unpaired) electrons. The van der Waals surface area contributed by atoms with Crippen LogP contribution in [0.15, 0.2) is 42.5 Å². The molecule has 0 fully saturated rings. The normalized spacial score (nSPS) is 11.7. The summed E-state index contributed by atoms with van der Waals surface area (Å²) in [6.45, 7) is 6.14. The highest BCUT2D eigenvalue weighted by Gasteiger charge is 2.25. The Bertz CT molecular complexity index is 804. The van der Waals surface area contributed by atoms with E-state index in [1.54, 1.807) is 24.9 Å². The second kappa shape index (κ2) is 8.86. The molecule has 0 aliphatic heterocycles. The minimum Gasteiger partial charge on any atom is -0.357 e. The highest BCUT2D eigenvalue weighted by Crippen LogP contribution is 2.17. The zero-order valence-electron chi connectivity index (χ0n) is 15.7. The Hall–Kier alpha value is -2.33. The van der Waals surface area contributed by atoms with Gasteiger partial charge in [-0.15, -0.1) is 0 Å². The number of aryl methyl sites for hydroxylation is 2. The number of carbonyl (C=O) groups is 2. The lowest BCUT2D eigenvalue weighted by Gasteiger charge is -2.28. The molecule has 5 heteroatoms. The largest absolute Gasteiger partial charge is 0.357 e. The Kier molecular flexibility index (Phi) is 6.81. The number of halogens is 1. The van der Waals surface area contributed by atoms with Gasteiger partial charge in [0.25, 0.3) is 0 Å². The van der Waals surface area contributed by atoms with Crippen LogP contribution in [0.4, 0.5) is 0 Å². The molecule has 2 rings (SSSR count). The Labute approximate surface area is 160 Å². The summed E-state index contributed by atoms with van der Waals surface area (Å²) in [5, 5.41) is 3.23. The van der Waals surface area contributed by atoms with Gasteiger partial charge in [0.2, 0.25) is 11.8 Å². The van der Waals surface area contributed by atoms with Gasteiger partial charge in [0.1, 0.15) is 6.04 Å². The van der Waals surface area contributed by atoms with Crippen LogP contribution in [0.25, 0.3) is 0 Å². The maximum absolute atomic E-state index is 13.0. The zero-order chi connectivity index (χ0) is 19.3.